The van der Waals surface area contributed by atoms with Crippen molar-refractivity contribution < 1.29 is 8.42 Å². The second kappa shape index (κ2) is 0.869. The van der Waals surface area contributed by atoms with E-state index in [1.807, 2.05) is 0 Å². The molecule has 1 heterocycles. The fraction of sp³-hybridized carbons (Fsp3) is 1.00. The van der Waals surface area contributed by atoms with Gasteiger partial charge >= 0.3 is 0 Å². The Kier molecular flexibility index (Phi) is 0.633. The van der Waals surface area contributed by atoms with Gasteiger partial charge in [0.2, 0.25) is 0 Å². The SMILES string of the molecule is CC1(C)CS1(=O)=O. The standard InChI is InChI=1S/C4H8O2S/c1-4(2)3-7(4,5)6/h3H2,1-2H3. The van der Waals surface area contributed by atoms with Crippen molar-refractivity contribution in [2.75, 3.05) is 5.75 Å². The third-order valence-corrected chi connectivity index (χ3v) is 3.87. The summed E-state index contributed by atoms with van der Waals surface area (Å²) in [4.78, 5) is 0. The fourth-order valence-corrected chi connectivity index (χ4v) is 1.57. The van der Waals surface area contributed by atoms with Crippen molar-refractivity contribution in [1.82, 2.24) is 0 Å². The van der Waals surface area contributed by atoms with Gasteiger partial charge in [0.05, 0.1) is 10.5 Å². The van der Waals surface area contributed by atoms with Crippen molar-refractivity contribution in [3.8, 4) is 0 Å². The molecule has 42 valence electrons. The summed E-state index contributed by atoms with van der Waals surface area (Å²) in [7, 11) is -2.59. The van der Waals surface area contributed by atoms with E-state index in [9.17, 15) is 8.42 Å². The maximum Gasteiger partial charge on any atom is 0.157 e. The van der Waals surface area contributed by atoms with Crippen LogP contribution in [0.3, 0.4) is 0 Å². The van der Waals surface area contributed by atoms with Crippen LogP contribution in [0.15, 0.2) is 0 Å². The van der Waals surface area contributed by atoms with Gasteiger partial charge in [-0.25, -0.2) is 8.42 Å². The topological polar surface area (TPSA) is 34.1 Å². The van der Waals surface area contributed by atoms with Crippen LogP contribution in [0.25, 0.3) is 0 Å². The first-order valence-electron chi connectivity index (χ1n) is 2.18. The second-order valence-corrected chi connectivity index (χ2v) is 5.14. The molecule has 0 aliphatic carbocycles. The maximum atomic E-state index is 10.4. The molecule has 0 atom stereocenters. The molecule has 3 heteroatoms. The molecule has 0 bridgehead atoms. The molecule has 0 unspecified atom stereocenters. The molecule has 0 amide bonds. The Morgan fingerprint density at radius 2 is 1.57 bits per heavy atom. The zero-order valence-corrected chi connectivity index (χ0v) is 5.25. The van der Waals surface area contributed by atoms with E-state index in [0.717, 1.165) is 0 Å². The lowest BCUT2D eigenvalue weighted by Gasteiger charge is -1.83. The molecule has 2 nitrogen and oxygen atoms in total. The quantitative estimate of drug-likeness (QED) is 0.428. The van der Waals surface area contributed by atoms with E-state index in [4.69, 9.17) is 0 Å². The summed E-state index contributed by atoms with van der Waals surface area (Å²) in [5.41, 5.74) is 0. The van der Waals surface area contributed by atoms with Gasteiger partial charge in [-0.05, 0) is 13.8 Å². The molecule has 0 saturated carbocycles. The molecule has 1 fully saturated rings. The number of rotatable bonds is 0. The second-order valence-electron chi connectivity index (χ2n) is 2.52. The lowest BCUT2D eigenvalue weighted by Crippen LogP contribution is -1.96. The molecule has 0 N–H and O–H groups in total. The molecule has 1 rings (SSSR count). The average molecular weight is 120 g/mol. The van der Waals surface area contributed by atoms with Gasteiger partial charge in [0, 0.05) is 0 Å². The molecule has 7 heavy (non-hydrogen) atoms. The van der Waals surface area contributed by atoms with Crippen LogP contribution in [-0.2, 0) is 9.84 Å². The molecular weight excluding hydrogens is 112 g/mol. The molecule has 0 spiro atoms. The summed E-state index contributed by atoms with van der Waals surface area (Å²) in [6.45, 7) is 3.48. The summed E-state index contributed by atoms with van der Waals surface area (Å²) in [6.07, 6.45) is 0. The van der Waals surface area contributed by atoms with Crippen LogP contribution in [-0.4, -0.2) is 18.9 Å². The summed E-state index contributed by atoms with van der Waals surface area (Å²) in [5, 5.41) is 0. The molecule has 0 radical (unpaired) electrons. The molecule has 0 aromatic carbocycles. The normalized spacial score (nSPS) is 32.3. The van der Waals surface area contributed by atoms with E-state index in [-0.39, 0.29) is 4.75 Å². The van der Waals surface area contributed by atoms with Crippen LogP contribution in [0.4, 0.5) is 0 Å². The summed E-state index contributed by atoms with van der Waals surface area (Å²) >= 11 is 0. The Morgan fingerprint density at radius 1 is 1.43 bits per heavy atom. The van der Waals surface area contributed by atoms with Gasteiger partial charge in [-0.15, -0.1) is 0 Å². The first-order valence-corrected chi connectivity index (χ1v) is 3.83. The van der Waals surface area contributed by atoms with E-state index in [0.29, 0.717) is 5.75 Å². The van der Waals surface area contributed by atoms with Crippen LogP contribution >= 0.6 is 0 Å². The minimum atomic E-state index is -2.59. The first-order chi connectivity index (χ1) is 2.96. The molecule has 0 aromatic heterocycles. The van der Waals surface area contributed by atoms with E-state index in [1.54, 1.807) is 13.8 Å². The Hall–Kier alpha value is -0.0500. The van der Waals surface area contributed by atoms with Gasteiger partial charge in [-0.1, -0.05) is 0 Å². The lowest BCUT2D eigenvalue weighted by molar-refractivity contribution is 0.607. The Labute approximate surface area is 43.5 Å². The monoisotopic (exact) mass is 120 g/mol. The largest absolute Gasteiger partial charge is 0.228 e. The van der Waals surface area contributed by atoms with Gasteiger partial charge in [-0.2, -0.15) is 0 Å². The van der Waals surface area contributed by atoms with Crippen molar-refractivity contribution in [1.29, 1.82) is 0 Å². The van der Waals surface area contributed by atoms with E-state index in [1.165, 1.54) is 0 Å². The predicted molar refractivity (Wildman–Crippen MR) is 27.9 cm³/mol. The van der Waals surface area contributed by atoms with Crippen LogP contribution in [0.5, 0.6) is 0 Å². The lowest BCUT2D eigenvalue weighted by atomic mass is 10.3. The summed E-state index contributed by atoms with van der Waals surface area (Å²) in [5.74, 6) is 0.375. The Balaban J connectivity index is 3.00. The van der Waals surface area contributed by atoms with Crippen molar-refractivity contribution in [3.05, 3.63) is 0 Å². The summed E-state index contributed by atoms with van der Waals surface area (Å²) in [6, 6.07) is 0. The van der Waals surface area contributed by atoms with Crippen molar-refractivity contribution >= 4 is 9.84 Å². The van der Waals surface area contributed by atoms with Crippen molar-refractivity contribution in [3.63, 3.8) is 0 Å². The molecule has 1 saturated heterocycles. The fourth-order valence-electron chi connectivity index (χ4n) is 0.428. The predicted octanol–water partition coefficient (Wildman–Crippen LogP) is 0.193. The van der Waals surface area contributed by atoms with Gasteiger partial charge in [0.15, 0.2) is 9.84 Å². The van der Waals surface area contributed by atoms with E-state index in [2.05, 4.69) is 0 Å². The average Bonchev–Trinajstić information content (AvgIpc) is 1.63. The highest BCUT2D eigenvalue weighted by molar-refractivity contribution is 8.00. The Morgan fingerprint density at radius 3 is 1.57 bits per heavy atom. The minimum Gasteiger partial charge on any atom is -0.228 e. The number of hydrogen-bond acceptors (Lipinski definition) is 2. The van der Waals surface area contributed by atoms with Gasteiger partial charge in [0.25, 0.3) is 0 Å². The maximum absolute atomic E-state index is 10.4. The summed E-state index contributed by atoms with van der Waals surface area (Å²) < 4.78 is 20.4. The number of hydrogen-bond donors (Lipinski definition) is 0. The third kappa shape index (κ3) is 0.554. The highest BCUT2D eigenvalue weighted by Crippen LogP contribution is 2.34. The molecular formula is C4H8O2S. The smallest absolute Gasteiger partial charge is 0.157 e. The van der Waals surface area contributed by atoms with E-state index >= 15 is 0 Å². The van der Waals surface area contributed by atoms with Crippen LogP contribution in [0.1, 0.15) is 13.8 Å². The van der Waals surface area contributed by atoms with Crippen molar-refractivity contribution in [2.45, 2.75) is 18.6 Å². The third-order valence-electron chi connectivity index (χ3n) is 1.29. The highest BCUT2D eigenvalue weighted by Gasteiger charge is 2.52. The molecule has 1 aliphatic heterocycles. The van der Waals surface area contributed by atoms with E-state index < -0.39 is 9.84 Å². The zero-order chi connectivity index (χ0) is 5.71. The van der Waals surface area contributed by atoms with Gasteiger partial charge in [0.1, 0.15) is 0 Å². The first kappa shape index (κ1) is 5.09. The number of sulfone groups is 1. The minimum absolute atomic E-state index is 0.375. The van der Waals surface area contributed by atoms with Crippen molar-refractivity contribution in [2.24, 2.45) is 0 Å². The zero-order valence-electron chi connectivity index (χ0n) is 4.43. The molecule has 1 aliphatic rings. The molecule has 0 aromatic rings. The Bertz CT molecular complexity index is 176. The van der Waals surface area contributed by atoms with Crippen LogP contribution in [0, 0.1) is 0 Å². The van der Waals surface area contributed by atoms with Gasteiger partial charge in [-0.3, -0.25) is 0 Å². The van der Waals surface area contributed by atoms with Crippen LogP contribution < -0.4 is 0 Å². The van der Waals surface area contributed by atoms with Crippen LogP contribution in [0.2, 0.25) is 0 Å². The highest BCUT2D eigenvalue weighted by atomic mass is 32.2. The van der Waals surface area contributed by atoms with Gasteiger partial charge < -0.3 is 0 Å².